The van der Waals surface area contributed by atoms with Crippen LogP contribution >= 0.6 is 11.3 Å². The summed E-state index contributed by atoms with van der Waals surface area (Å²) in [5.41, 5.74) is 2.45. The van der Waals surface area contributed by atoms with Gasteiger partial charge in [-0.05, 0) is 43.3 Å². The molecule has 0 unspecified atom stereocenters. The van der Waals surface area contributed by atoms with Crippen LogP contribution < -0.4 is 19.5 Å². The average Bonchev–Trinajstić information content (AvgIpc) is 3.40. The number of pyridine rings is 1. The van der Waals surface area contributed by atoms with Gasteiger partial charge in [0.15, 0.2) is 17.6 Å². The molecule has 8 heteroatoms. The molecule has 0 saturated heterocycles. The van der Waals surface area contributed by atoms with E-state index >= 15 is 0 Å². The molecule has 0 saturated carbocycles. The largest absolute Gasteiger partial charge is 0.481 e. The van der Waals surface area contributed by atoms with E-state index in [1.165, 1.54) is 11.3 Å². The van der Waals surface area contributed by atoms with Gasteiger partial charge >= 0.3 is 0 Å². The van der Waals surface area contributed by atoms with Crippen LogP contribution in [0.25, 0.3) is 20.9 Å². The highest BCUT2D eigenvalue weighted by Gasteiger charge is 2.19. The Labute approximate surface area is 176 Å². The number of nitrogens with one attached hydrogen (secondary N) is 1. The number of amides is 1. The van der Waals surface area contributed by atoms with E-state index in [0.717, 1.165) is 20.9 Å². The molecule has 4 aromatic rings. The van der Waals surface area contributed by atoms with Crippen molar-refractivity contribution in [3.05, 3.63) is 60.8 Å². The molecule has 0 spiro atoms. The maximum atomic E-state index is 12.6. The molecule has 2 aromatic heterocycles. The minimum absolute atomic E-state index is 0.190. The molecule has 0 bridgehead atoms. The zero-order valence-corrected chi connectivity index (χ0v) is 16.8. The minimum Gasteiger partial charge on any atom is -0.481 e. The Bertz CT molecular complexity index is 1210. The van der Waals surface area contributed by atoms with Crippen molar-refractivity contribution in [2.45, 2.75) is 13.0 Å². The first-order valence-corrected chi connectivity index (χ1v) is 10.2. The van der Waals surface area contributed by atoms with Gasteiger partial charge in [-0.1, -0.05) is 23.5 Å². The van der Waals surface area contributed by atoms with Gasteiger partial charge in [-0.3, -0.25) is 4.79 Å². The summed E-state index contributed by atoms with van der Waals surface area (Å²) in [6.07, 6.45) is 1.06. The van der Waals surface area contributed by atoms with Gasteiger partial charge in [-0.15, -0.1) is 0 Å². The first kappa shape index (κ1) is 18.4. The Hall–Kier alpha value is -3.65. The zero-order valence-electron chi connectivity index (χ0n) is 16.0. The van der Waals surface area contributed by atoms with E-state index in [0.29, 0.717) is 22.9 Å². The number of fused-ring (bicyclic) bond motifs is 2. The van der Waals surface area contributed by atoms with Crippen molar-refractivity contribution in [1.82, 2.24) is 9.97 Å². The Balaban J connectivity index is 1.29. The van der Waals surface area contributed by atoms with Gasteiger partial charge in [0, 0.05) is 23.5 Å². The van der Waals surface area contributed by atoms with E-state index in [9.17, 15) is 4.79 Å². The van der Waals surface area contributed by atoms with Crippen LogP contribution in [0.4, 0.5) is 5.69 Å². The fraction of sp³-hybridized carbons (Fsp3) is 0.136. The summed E-state index contributed by atoms with van der Waals surface area (Å²) in [6, 6.07) is 16.6. The molecule has 7 nitrogen and oxygen atoms in total. The van der Waals surface area contributed by atoms with Gasteiger partial charge in [-0.25, -0.2) is 9.97 Å². The van der Waals surface area contributed by atoms with Crippen molar-refractivity contribution < 1.29 is 19.0 Å². The molecule has 30 heavy (non-hydrogen) atoms. The summed E-state index contributed by atoms with van der Waals surface area (Å²) < 4.78 is 16.4. The van der Waals surface area contributed by atoms with Gasteiger partial charge in [0.05, 0.1) is 0 Å². The molecule has 0 fully saturated rings. The quantitative estimate of drug-likeness (QED) is 0.513. The second kappa shape index (κ2) is 7.64. The molecule has 1 atom stereocenters. The van der Waals surface area contributed by atoms with Crippen molar-refractivity contribution in [3.8, 4) is 27.8 Å². The third kappa shape index (κ3) is 3.65. The highest BCUT2D eigenvalue weighted by molar-refractivity contribution is 7.21. The zero-order chi connectivity index (χ0) is 20.5. The first-order chi connectivity index (χ1) is 14.7. The van der Waals surface area contributed by atoms with Crippen LogP contribution in [0.5, 0.6) is 17.2 Å². The van der Waals surface area contributed by atoms with Crippen LogP contribution in [0.1, 0.15) is 6.92 Å². The van der Waals surface area contributed by atoms with Crippen LogP contribution in [0.3, 0.4) is 0 Å². The van der Waals surface area contributed by atoms with Gasteiger partial charge < -0.3 is 19.5 Å². The summed E-state index contributed by atoms with van der Waals surface area (Å²) >= 11 is 1.51. The van der Waals surface area contributed by atoms with E-state index in [1.54, 1.807) is 31.3 Å². The van der Waals surface area contributed by atoms with Crippen molar-refractivity contribution in [2.24, 2.45) is 0 Å². The number of anilines is 1. The normalized spacial score (nSPS) is 13.2. The highest BCUT2D eigenvalue weighted by atomic mass is 32.1. The summed E-state index contributed by atoms with van der Waals surface area (Å²) in [4.78, 5) is 22.5. The lowest BCUT2D eigenvalue weighted by Crippen LogP contribution is -2.30. The molecule has 5 rings (SSSR count). The molecular weight excluding hydrogens is 402 g/mol. The number of benzene rings is 2. The maximum absolute atomic E-state index is 12.6. The van der Waals surface area contributed by atoms with Gasteiger partial charge in [-0.2, -0.15) is 0 Å². The average molecular weight is 419 g/mol. The van der Waals surface area contributed by atoms with Crippen molar-refractivity contribution in [1.29, 1.82) is 0 Å². The maximum Gasteiger partial charge on any atom is 0.265 e. The Morgan fingerprint density at radius 1 is 1.13 bits per heavy atom. The van der Waals surface area contributed by atoms with Crippen molar-refractivity contribution >= 4 is 33.3 Å². The number of carbonyl (C=O) groups excluding carboxylic acids is 1. The monoisotopic (exact) mass is 419 g/mol. The third-order valence-corrected chi connectivity index (χ3v) is 5.60. The molecule has 150 valence electrons. The number of hydrogen-bond donors (Lipinski definition) is 1. The number of carbonyl (C=O) groups is 1. The molecule has 0 aliphatic carbocycles. The van der Waals surface area contributed by atoms with E-state index in [-0.39, 0.29) is 12.7 Å². The SMILES string of the molecule is C[C@H](Oc1ccc2c(c1)OCO2)C(=O)Nc1cccc(-c2nc3cccnc3s2)c1. The lowest BCUT2D eigenvalue weighted by Gasteiger charge is -2.15. The summed E-state index contributed by atoms with van der Waals surface area (Å²) in [7, 11) is 0. The topological polar surface area (TPSA) is 82.6 Å². The summed E-state index contributed by atoms with van der Waals surface area (Å²) in [5.74, 6) is 1.56. The standard InChI is InChI=1S/C22H17N3O4S/c1-13(29-16-7-8-18-19(11-16)28-12-27-18)20(26)24-15-5-2-4-14(10-15)21-25-17-6-3-9-23-22(17)30-21/h2-11,13H,12H2,1H3,(H,24,26)/t13-/m0/s1. The fourth-order valence-electron chi connectivity index (χ4n) is 3.08. The lowest BCUT2D eigenvalue weighted by molar-refractivity contribution is -0.122. The summed E-state index contributed by atoms with van der Waals surface area (Å²) in [5, 5.41) is 3.75. The minimum atomic E-state index is -0.694. The fourth-order valence-corrected chi connectivity index (χ4v) is 3.98. The van der Waals surface area contributed by atoms with Crippen LogP contribution in [-0.2, 0) is 4.79 Å². The molecule has 1 aliphatic heterocycles. The number of nitrogens with zero attached hydrogens (tertiary/aromatic N) is 2. The summed E-state index contributed by atoms with van der Waals surface area (Å²) in [6.45, 7) is 1.89. The van der Waals surface area contributed by atoms with Crippen LogP contribution in [0.15, 0.2) is 60.8 Å². The van der Waals surface area contributed by atoms with Crippen LogP contribution in [0, 0.1) is 0 Å². The Morgan fingerprint density at radius 2 is 2.03 bits per heavy atom. The third-order valence-electron chi connectivity index (χ3n) is 4.57. The van der Waals surface area contributed by atoms with Crippen molar-refractivity contribution in [2.75, 3.05) is 12.1 Å². The van der Waals surface area contributed by atoms with E-state index < -0.39 is 6.10 Å². The Kier molecular flexibility index (Phi) is 4.68. The smallest absolute Gasteiger partial charge is 0.265 e. The van der Waals surface area contributed by atoms with Gasteiger partial charge in [0.1, 0.15) is 21.1 Å². The second-order valence-electron chi connectivity index (χ2n) is 6.69. The lowest BCUT2D eigenvalue weighted by atomic mass is 10.2. The number of thiazole rings is 1. The van der Waals surface area contributed by atoms with Crippen molar-refractivity contribution in [3.63, 3.8) is 0 Å². The number of aromatic nitrogens is 2. The van der Waals surface area contributed by atoms with Gasteiger partial charge in [0.2, 0.25) is 6.79 Å². The number of ether oxygens (including phenoxy) is 3. The first-order valence-electron chi connectivity index (χ1n) is 9.35. The molecule has 0 radical (unpaired) electrons. The van der Waals surface area contributed by atoms with Gasteiger partial charge in [0.25, 0.3) is 5.91 Å². The highest BCUT2D eigenvalue weighted by Crippen LogP contribution is 2.35. The predicted octanol–water partition coefficient (Wildman–Crippen LogP) is 4.49. The van der Waals surface area contributed by atoms with Crippen LogP contribution in [0.2, 0.25) is 0 Å². The van der Waals surface area contributed by atoms with Crippen LogP contribution in [-0.4, -0.2) is 28.8 Å². The molecule has 1 amide bonds. The number of rotatable bonds is 5. The second-order valence-corrected chi connectivity index (χ2v) is 7.67. The Morgan fingerprint density at radius 3 is 2.93 bits per heavy atom. The molecule has 2 aromatic carbocycles. The molecular formula is C22H17N3O4S. The molecule has 3 heterocycles. The van der Waals surface area contributed by atoms with E-state index in [2.05, 4.69) is 15.3 Å². The van der Waals surface area contributed by atoms with E-state index in [1.807, 2.05) is 36.4 Å². The van der Waals surface area contributed by atoms with E-state index in [4.69, 9.17) is 14.2 Å². The molecule has 1 aliphatic rings. The molecule has 1 N–H and O–H groups in total. The predicted molar refractivity (Wildman–Crippen MR) is 114 cm³/mol. The number of hydrogen-bond acceptors (Lipinski definition) is 7.